The SMILES string of the molecule is Cl.NCCOc1ccc(-c2ccccc2)c2[nH]c(C(=O)NN)cc12. The summed E-state index contributed by atoms with van der Waals surface area (Å²) in [5.74, 6) is 5.52. The van der Waals surface area contributed by atoms with Gasteiger partial charge in [-0.3, -0.25) is 10.2 Å². The van der Waals surface area contributed by atoms with Gasteiger partial charge in [0.05, 0.1) is 5.52 Å². The predicted octanol–water partition coefficient (Wildman–Crippen LogP) is 2.20. The molecular formula is C17H19ClN4O2. The smallest absolute Gasteiger partial charge is 0.281 e. The number of rotatable bonds is 5. The van der Waals surface area contributed by atoms with Gasteiger partial charge in [0.2, 0.25) is 0 Å². The number of aromatic nitrogens is 1. The van der Waals surface area contributed by atoms with Crippen LogP contribution in [0.3, 0.4) is 0 Å². The van der Waals surface area contributed by atoms with Crippen LogP contribution >= 0.6 is 12.4 Å². The van der Waals surface area contributed by atoms with Crippen molar-refractivity contribution in [3.05, 3.63) is 54.2 Å². The van der Waals surface area contributed by atoms with Gasteiger partial charge in [-0.2, -0.15) is 0 Å². The Labute approximate surface area is 145 Å². The van der Waals surface area contributed by atoms with E-state index in [2.05, 4.69) is 10.4 Å². The maximum absolute atomic E-state index is 11.8. The van der Waals surface area contributed by atoms with E-state index >= 15 is 0 Å². The van der Waals surface area contributed by atoms with Crippen molar-refractivity contribution in [2.75, 3.05) is 13.2 Å². The number of H-pyrrole nitrogens is 1. The highest BCUT2D eigenvalue weighted by Gasteiger charge is 2.15. The van der Waals surface area contributed by atoms with E-state index in [0.29, 0.717) is 24.6 Å². The van der Waals surface area contributed by atoms with Crippen molar-refractivity contribution in [2.45, 2.75) is 0 Å². The molecule has 0 atom stereocenters. The Hall–Kier alpha value is -2.54. The summed E-state index contributed by atoms with van der Waals surface area (Å²) >= 11 is 0. The molecule has 0 bridgehead atoms. The molecule has 0 aliphatic heterocycles. The van der Waals surface area contributed by atoms with Gasteiger partial charge in [0.1, 0.15) is 18.1 Å². The number of nitrogens with one attached hydrogen (secondary N) is 2. The Kier molecular flexibility index (Phi) is 5.81. The van der Waals surface area contributed by atoms with Gasteiger partial charge in [-0.15, -0.1) is 12.4 Å². The van der Waals surface area contributed by atoms with Crippen molar-refractivity contribution in [1.29, 1.82) is 0 Å². The fraction of sp³-hybridized carbons (Fsp3) is 0.118. The van der Waals surface area contributed by atoms with Gasteiger partial charge < -0.3 is 15.5 Å². The van der Waals surface area contributed by atoms with Crippen LogP contribution in [0.1, 0.15) is 10.5 Å². The van der Waals surface area contributed by atoms with Gasteiger partial charge in [0.15, 0.2) is 0 Å². The number of benzene rings is 2. The lowest BCUT2D eigenvalue weighted by Gasteiger charge is -2.09. The molecule has 0 aliphatic carbocycles. The minimum Gasteiger partial charge on any atom is -0.492 e. The zero-order valence-corrected chi connectivity index (χ0v) is 13.7. The summed E-state index contributed by atoms with van der Waals surface area (Å²) < 4.78 is 5.68. The van der Waals surface area contributed by atoms with Crippen molar-refractivity contribution in [3.63, 3.8) is 0 Å². The van der Waals surface area contributed by atoms with E-state index in [1.165, 1.54) is 0 Å². The molecule has 0 unspecified atom stereocenters. The number of ether oxygens (including phenoxy) is 1. The lowest BCUT2D eigenvalue weighted by Crippen LogP contribution is -2.30. The molecule has 0 spiro atoms. The number of nitrogens with two attached hydrogens (primary N) is 2. The quantitative estimate of drug-likeness (QED) is 0.323. The van der Waals surface area contributed by atoms with Crippen molar-refractivity contribution in [3.8, 4) is 16.9 Å². The monoisotopic (exact) mass is 346 g/mol. The molecule has 2 aromatic carbocycles. The van der Waals surface area contributed by atoms with Crippen molar-refractivity contribution in [2.24, 2.45) is 11.6 Å². The van der Waals surface area contributed by atoms with E-state index in [4.69, 9.17) is 16.3 Å². The molecule has 1 aromatic heterocycles. The van der Waals surface area contributed by atoms with Gasteiger partial charge in [0, 0.05) is 17.5 Å². The molecule has 0 radical (unpaired) electrons. The summed E-state index contributed by atoms with van der Waals surface area (Å²) in [6.45, 7) is 0.825. The van der Waals surface area contributed by atoms with Gasteiger partial charge in [-0.05, 0) is 23.8 Å². The molecule has 0 saturated heterocycles. The molecule has 7 heteroatoms. The number of halogens is 1. The van der Waals surface area contributed by atoms with E-state index < -0.39 is 0 Å². The van der Waals surface area contributed by atoms with E-state index in [0.717, 1.165) is 22.0 Å². The molecule has 1 amide bonds. The summed E-state index contributed by atoms with van der Waals surface area (Å²) in [6.07, 6.45) is 0. The predicted molar refractivity (Wildman–Crippen MR) is 97.2 cm³/mol. The van der Waals surface area contributed by atoms with Crippen LogP contribution in [0.4, 0.5) is 0 Å². The number of hydrogen-bond donors (Lipinski definition) is 4. The number of carbonyl (C=O) groups is 1. The van der Waals surface area contributed by atoms with Gasteiger partial charge in [-0.25, -0.2) is 5.84 Å². The van der Waals surface area contributed by atoms with Crippen LogP contribution in [0.25, 0.3) is 22.0 Å². The summed E-state index contributed by atoms with van der Waals surface area (Å²) in [7, 11) is 0. The largest absolute Gasteiger partial charge is 0.492 e. The molecule has 0 fully saturated rings. The average molecular weight is 347 g/mol. The maximum atomic E-state index is 11.8. The zero-order valence-electron chi connectivity index (χ0n) is 12.9. The van der Waals surface area contributed by atoms with Crippen LogP contribution in [0.5, 0.6) is 5.75 Å². The number of fused-ring (bicyclic) bond motifs is 1. The van der Waals surface area contributed by atoms with Crippen LogP contribution in [-0.4, -0.2) is 24.0 Å². The second kappa shape index (κ2) is 7.83. The Morgan fingerprint density at radius 2 is 1.92 bits per heavy atom. The molecular weight excluding hydrogens is 328 g/mol. The Morgan fingerprint density at radius 3 is 2.58 bits per heavy atom. The topological polar surface area (TPSA) is 106 Å². The second-order valence-corrected chi connectivity index (χ2v) is 5.06. The third-order valence-electron chi connectivity index (χ3n) is 3.59. The fourth-order valence-electron chi connectivity index (χ4n) is 2.55. The van der Waals surface area contributed by atoms with Gasteiger partial charge >= 0.3 is 0 Å². The highest BCUT2D eigenvalue weighted by molar-refractivity contribution is 6.04. The highest BCUT2D eigenvalue weighted by atomic mass is 35.5. The summed E-state index contributed by atoms with van der Waals surface area (Å²) in [4.78, 5) is 15.0. The standard InChI is InChI=1S/C17H18N4O2.ClH/c18-8-9-23-15-7-6-12(11-4-2-1-3-5-11)16-13(15)10-14(20-16)17(22)21-19;/h1-7,10,20H,8-9,18-19H2,(H,21,22);1H. The number of aromatic amines is 1. The molecule has 6 N–H and O–H groups in total. The summed E-state index contributed by atoms with van der Waals surface area (Å²) in [6, 6.07) is 15.5. The lowest BCUT2D eigenvalue weighted by molar-refractivity contribution is 0.0949. The molecule has 0 aliphatic rings. The first-order valence-corrected chi connectivity index (χ1v) is 7.29. The second-order valence-electron chi connectivity index (χ2n) is 5.06. The molecule has 0 saturated carbocycles. The molecule has 24 heavy (non-hydrogen) atoms. The van der Waals surface area contributed by atoms with Crippen molar-refractivity contribution in [1.82, 2.24) is 10.4 Å². The van der Waals surface area contributed by atoms with Crippen LogP contribution in [0.2, 0.25) is 0 Å². The maximum Gasteiger partial charge on any atom is 0.281 e. The molecule has 6 nitrogen and oxygen atoms in total. The highest BCUT2D eigenvalue weighted by Crippen LogP contribution is 2.34. The zero-order chi connectivity index (χ0) is 16.2. The number of nitrogen functional groups attached to an aromatic ring is 1. The van der Waals surface area contributed by atoms with Gasteiger partial charge in [0.25, 0.3) is 5.91 Å². The van der Waals surface area contributed by atoms with Crippen LogP contribution in [-0.2, 0) is 0 Å². The van der Waals surface area contributed by atoms with Crippen molar-refractivity contribution >= 4 is 29.2 Å². The number of hydrogen-bond acceptors (Lipinski definition) is 4. The van der Waals surface area contributed by atoms with E-state index in [1.807, 2.05) is 42.5 Å². The first-order valence-electron chi connectivity index (χ1n) is 7.29. The fourth-order valence-corrected chi connectivity index (χ4v) is 2.55. The van der Waals surface area contributed by atoms with Crippen LogP contribution in [0, 0.1) is 0 Å². The first kappa shape index (κ1) is 17.8. The molecule has 3 rings (SSSR count). The first-order chi connectivity index (χ1) is 11.2. The summed E-state index contributed by atoms with van der Waals surface area (Å²) in [5.41, 5.74) is 10.9. The Morgan fingerprint density at radius 1 is 1.17 bits per heavy atom. The van der Waals surface area contributed by atoms with Crippen LogP contribution < -0.4 is 21.7 Å². The van der Waals surface area contributed by atoms with Gasteiger partial charge in [-0.1, -0.05) is 30.3 Å². The van der Waals surface area contributed by atoms with Crippen LogP contribution in [0.15, 0.2) is 48.5 Å². The molecule has 3 aromatic rings. The minimum absolute atomic E-state index is 0. The van der Waals surface area contributed by atoms with E-state index in [9.17, 15) is 4.79 Å². The lowest BCUT2D eigenvalue weighted by atomic mass is 10.0. The van der Waals surface area contributed by atoms with E-state index in [-0.39, 0.29) is 18.3 Å². The third kappa shape index (κ3) is 3.35. The molecule has 1 heterocycles. The third-order valence-corrected chi connectivity index (χ3v) is 3.59. The van der Waals surface area contributed by atoms with Crippen molar-refractivity contribution < 1.29 is 9.53 Å². The van der Waals surface area contributed by atoms with E-state index in [1.54, 1.807) is 6.07 Å². The average Bonchev–Trinajstić information content (AvgIpc) is 3.05. The molecule has 126 valence electrons. The number of hydrazine groups is 1. The number of carbonyl (C=O) groups excluding carboxylic acids is 1. The Balaban J connectivity index is 0.00000208. The summed E-state index contributed by atoms with van der Waals surface area (Å²) in [5, 5.41) is 0.818. The number of amides is 1. The Bertz CT molecular complexity index is 833. The normalized spacial score (nSPS) is 10.2. The minimum atomic E-state index is -0.384.